The van der Waals surface area contributed by atoms with E-state index in [0.29, 0.717) is 11.4 Å². The van der Waals surface area contributed by atoms with Crippen molar-refractivity contribution in [3.05, 3.63) is 71.2 Å². The van der Waals surface area contributed by atoms with Crippen LogP contribution in [0.15, 0.2) is 65.7 Å². The molecular formula is C21H23N3O3S2. The van der Waals surface area contributed by atoms with E-state index in [0.717, 1.165) is 16.1 Å². The van der Waals surface area contributed by atoms with Crippen molar-refractivity contribution >= 4 is 27.3 Å². The smallest absolute Gasteiger partial charge is 0.263 e. The van der Waals surface area contributed by atoms with Crippen LogP contribution in [-0.4, -0.2) is 36.7 Å². The standard InChI is InChI=1S/C21H23N3O3S2/c1-15(2)24(3)29(26,27)18-11-9-16(10-12-18)13-22-20(25)19-14-23-21(28-19)17-7-5-4-6-8-17/h4-12,14-15H,13H2,1-3H3,(H,22,25). The van der Waals surface area contributed by atoms with E-state index >= 15 is 0 Å². The third kappa shape index (κ3) is 4.90. The second-order valence-electron chi connectivity index (χ2n) is 6.84. The van der Waals surface area contributed by atoms with Crippen molar-refractivity contribution in [1.29, 1.82) is 0 Å². The van der Waals surface area contributed by atoms with E-state index < -0.39 is 10.0 Å². The van der Waals surface area contributed by atoms with Gasteiger partial charge in [-0.15, -0.1) is 11.3 Å². The van der Waals surface area contributed by atoms with Gasteiger partial charge < -0.3 is 5.32 Å². The van der Waals surface area contributed by atoms with Gasteiger partial charge in [0.2, 0.25) is 10.0 Å². The van der Waals surface area contributed by atoms with Crippen molar-refractivity contribution in [1.82, 2.24) is 14.6 Å². The van der Waals surface area contributed by atoms with E-state index in [1.54, 1.807) is 37.5 Å². The highest BCUT2D eigenvalue weighted by Gasteiger charge is 2.22. The van der Waals surface area contributed by atoms with E-state index in [1.807, 2.05) is 44.2 Å². The average Bonchev–Trinajstić information content (AvgIpc) is 3.22. The monoisotopic (exact) mass is 429 g/mol. The van der Waals surface area contributed by atoms with Crippen molar-refractivity contribution in [3.63, 3.8) is 0 Å². The summed E-state index contributed by atoms with van der Waals surface area (Å²) in [6, 6.07) is 16.1. The van der Waals surface area contributed by atoms with Gasteiger partial charge in [0, 0.05) is 25.2 Å². The Kier molecular flexibility index (Phi) is 6.46. The molecule has 0 aliphatic rings. The molecule has 3 rings (SSSR count). The zero-order valence-electron chi connectivity index (χ0n) is 16.5. The van der Waals surface area contributed by atoms with Crippen LogP contribution in [0.2, 0.25) is 0 Å². The molecule has 0 aliphatic heterocycles. The van der Waals surface area contributed by atoms with Crippen LogP contribution in [0.25, 0.3) is 10.6 Å². The molecular weight excluding hydrogens is 406 g/mol. The molecule has 0 fully saturated rings. The Labute approximate surface area is 175 Å². The summed E-state index contributed by atoms with van der Waals surface area (Å²) in [4.78, 5) is 17.5. The summed E-state index contributed by atoms with van der Waals surface area (Å²) in [7, 11) is -1.95. The van der Waals surface area contributed by atoms with Crippen LogP contribution >= 0.6 is 11.3 Å². The molecule has 2 aromatic carbocycles. The number of hydrogen-bond acceptors (Lipinski definition) is 5. The quantitative estimate of drug-likeness (QED) is 0.620. The molecule has 3 aromatic rings. The number of nitrogens with one attached hydrogen (secondary N) is 1. The van der Waals surface area contributed by atoms with Crippen LogP contribution < -0.4 is 5.32 Å². The molecule has 0 bridgehead atoms. The fourth-order valence-electron chi connectivity index (χ4n) is 2.59. The number of carbonyl (C=O) groups excluding carboxylic acids is 1. The van der Waals surface area contributed by atoms with Crippen molar-refractivity contribution in [2.24, 2.45) is 0 Å². The number of amides is 1. The largest absolute Gasteiger partial charge is 0.347 e. The molecule has 0 radical (unpaired) electrons. The summed E-state index contributed by atoms with van der Waals surface area (Å²) in [6.45, 7) is 3.95. The molecule has 1 N–H and O–H groups in total. The van der Waals surface area contributed by atoms with Gasteiger partial charge >= 0.3 is 0 Å². The SMILES string of the molecule is CC(C)N(C)S(=O)(=O)c1ccc(CNC(=O)c2cnc(-c3ccccc3)s2)cc1. The molecule has 0 aliphatic carbocycles. The number of aromatic nitrogens is 1. The van der Waals surface area contributed by atoms with Gasteiger partial charge in [-0.05, 0) is 31.5 Å². The van der Waals surface area contributed by atoms with Gasteiger partial charge in [0.15, 0.2) is 0 Å². The van der Waals surface area contributed by atoms with Gasteiger partial charge in [-0.2, -0.15) is 4.31 Å². The fourth-order valence-corrected chi connectivity index (χ4v) is 4.79. The van der Waals surface area contributed by atoms with Gasteiger partial charge in [-0.1, -0.05) is 42.5 Å². The Balaban J connectivity index is 1.63. The molecule has 0 unspecified atom stereocenters. The summed E-state index contributed by atoms with van der Waals surface area (Å²) in [6.07, 6.45) is 1.57. The van der Waals surface area contributed by atoms with E-state index in [2.05, 4.69) is 10.3 Å². The highest BCUT2D eigenvalue weighted by Crippen LogP contribution is 2.24. The molecule has 0 saturated carbocycles. The Morgan fingerprint density at radius 3 is 2.38 bits per heavy atom. The highest BCUT2D eigenvalue weighted by atomic mass is 32.2. The van der Waals surface area contributed by atoms with Crippen LogP contribution in [0.1, 0.15) is 29.1 Å². The summed E-state index contributed by atoms with van der Waals surface area (Å²) in [5.41, 5.74) is 1.79. The number of rotatable bonds is 7. The molecule has 1 aromatic heterocycles. The third-order valence-corrected chi connectivity index (χ3v) is 7.62. The van der Waals surface area contributed by atoms with Gasteiger partial charge in [0.25, 0.3) is 5.91 Å². The lowest BCUT2D eigenvalue weighted by molar-refractivity contribution is 0.0954. The number of sulfonamides is 1. The van der Waals surface area contributed by atoms with E-state index in [1.165, 1.54) is 15.6 Å². The lowest BCUT2D eigenvalue weighted by Gasteiger charge is -2.21. The highest BCUT2D eigenvalue weighted by molar-refractivity contribution is 7.89. The number of hydrogen-bond donors (Lipinski definition) is 1. The molecule has 0 saturated heterocycles. The third-order valence-electron chi connectivity index (χ3n) is 4.53. The first-order valence-corrected chi connectivity index (χ1v) is 11.4. The van der Waals surface area contributed by atoms with Gasteiger partial charge in [-0.25, -0.2) is 13.4 Å². The predicted octanol–water partition coefficient (Wildman–Crippen LogP) is 3.77. The van der Waals surface area contributed by atoms with Crippen LogP contribution in [0.5, 0.6) is 0 Å². The molecule has 0 atom stereocenters. The molecule has 1 amide bonds. The number of carbonyl (C=O) groups is 1. The summed E-state index contributed by atoms with van der Waals surface area (Å²) >= 11 is 1.33. The maximum Gasteiger partial charge on any atom is 0.263 e. The summed E-state index contributed by atoms with van der Waals surface area (Å²) in [5.74, 6) is -0.207. The Hall–Kier alpha value is -2.55. The lowest BCUT2D eigenvalue weighted by atomic mass is 10.2. The second-order valence-corrected chi connectivity index (χ2v) is 9.87. The van der Waals surface area contributed by atoms with Crippen molar-refractivity contribution in [2.45, 2.75) is 31.3 Å². The van der Waals surface area contributed by atoms with E-state index in [4.69, 9.17) is 0 Å². The minimum Gasteiger partial charge on any atom is -0.347 e. The minimum absolute atomic E-state index is 0.126. The average molecular weight is 430 g/mol. The Morgan fingerprint density at radius 1 is 1.10 bits per heavy atom. The molecule has 152 valence electrons. The molecule has 6 nitrogen and oxygen atoms in total. The van der Waals surface area contributed by atoms with Crippen molar-refractivity contribution in [3.8, 4) is 10.6 Å². The Morgan fingerprint density at radius 2 is 1.76 bits per heavy atom. The Bertz CT molecular complexity index is 1080. The normalized spacial score (nSPS) is 11.8. The zero-order valence-corrected chi connectivity index (χ0v) is 18.1. The minimum atomic E-state index is -3.51. The molecule has 29 heavy (non-hydrogen) atoms. The van der Waals surface area contributed by atoms with Gasteiger partial charge in [-0.3, -0.25) is 4.79 Å². The van der Waals surface area contributed by atoms with Gasteiger partial charge in [0.05, 0.1) is 11.1 Å². The summed E-state index contributed by atoms with van der Waals surface area (Å²) in [5, 5.41) is 3.64. The molecule has 1 heterocycles. The zero-order chi connectivity index (χ0) is 21.0. The fraction of sp³-hybridized carbons (Fsp3) is 0.238. The first-order chi connectivity index (χ1) is 13.8. The van der Waals surface area contributed by atoms with E-state index in [9.17, 15) is 13.2 Å². The van der Waals surface area contributed by atoms with Crippen LogP contribution in [0, 0.1) is 0 Å². The van der Waals surface area contributed by atoms with Gasteiger partial charge in [0.1, 0.15) is 9.88 Å². The maximum absolute atomic E-state index is 12.5. The topological polar surface area (TPSA) is 79.4 Å². The van der Waals surface area contributed by atoms with Crippen molar-refractivity contribution in [2.75, 3.05) is 7.05 Å². The second kappa shape index (κ2) is 8.86. The first-order valence-electron chi connectivity index (χ1n) is 9.15. The van der Waals surface area contributed by atoms with Crippen LogP contribution in [-0.2, 0) is 16.6 Å². The molecule has 0 spiro atoms. The van der Waals surface area contributed by atoms with Crippen LogP contribution in [0.3, 0.4) is 0 Å². The molecule has 8 heteroatoms. The maximum atomic E-state index is 12.5. The lowest BCUT2D eigenvalue weighted by Crippen LogP contribution is -2.33. The number of nitrogens with zero attached hydrogens (tertiary/aromatic N) is 2. The van der Waals surface area contributed by atoms with E-state index in [-0.39, 0.29) is 16.8 Å². The number of benzene rings is 2. The first kappa shape index (κ1) is 21.2. The summed E-state index contributed by atoms with van der Waals surface area (Å²) < 4.78 is 26.3. The number of thiazole rings is 1. The van der Waals surface area contributed by atoms with Crippen LogP contribution in [0.4, 0.5) is 0 Å². The predicted molar refractivity (Wildman–Crippen MR) is 115 cm³/mol. The van der Waals surface area contributed by atoms with Crippen molar-refractivity contribution < 1.29 is 13.2 Å².